The maximum atomic E-state index is 4.84. The van der Waals surface area contributed by atoms with Crippen molar-refractivity contribution in [3.63, 3.8) is 0 Å². The van der Waals surface area contributed by atoms with Crippen LogP contribution in [-0.2, 0) is 0 Å². The molecule has 4 heteroatoms. The van der Waals surface area contributed by atoms with E-state index in [4.69, 9.17) is 4.98 Å². The molecule has 120 valence electrons. The zero-order chi connectivity index (χ0) is 16.1. The number of imidazole rings is 1. The number of nitrogens with zero attached hydrogens (tertiary/aromatic N) is 3. The Morgan fingerprint density at radius 1 is 1.00 bits per heavy atom. The number of aryl methyl sites for hydroxylation is 1. The van der Waals surface area contributed by atoms with Crippen molar-refractivity contribution in [3.05, 3.63) is 54.2 Å². The van der Waals surface area contributed by atoms with E-state index in [0.717, 1.165) is 10.7 Å². The second kappa shape index (κ2) is 5.35. The van der Waals surface area contributed by atoms with Gasteiger partial charge in [-0.15, -0.1) is 0 Å². The van der Waals surface area contributed by atoms with Crippen LogP contribution in [0, 0.1) is 6.92 Å². The molecule has 0 bridgehead atoms. The van der Waals surface area contributed by atoms with Crippen LogP contribution in [0.4, 0.5) is 5.69 Å². The third-order valence-electron chi connectivity index (χ3n) is 4.88. The van der Waals surface area contributed by atoms with Gasteiger partial charge >= 0.3 is 0 Å². The average molecular weight is 333 g/mol. The molecule has 0 atom stereocenters. The molecule has 0 saturated carbocycles. The predicted molar refractivity (Wildman–Crippen MR) is 102 cm³/mol. The summed E-state index contributed by atoms with van der Waals surface area (Å²) in [5.41, 5.74) is 6.11. The molecule has 0 radical (unpaired) electrons. The van der Waals surface area contributed by atoms with Crippen molar-refractivity contribution in [1.29, 1.82) is 0 Å². The molecule has 2 aromatic carbocycles. The van der Waals surface area contributed by atoms with Crippen molar-refractivity contribution in [3.8, 4) is 11.3 Å². The van der Waals surface area contributed by atoms with Gasteiger partial charge in [0.1, 0.15) is 0 Å². The minimum absolute atomic E-state index is 1.05. The molecule has 0 aliphatic carbocycles. The Kier molecular flexibility index (Phi) is 3.13. The lowest BCUT2D eigenvalue weighted by Crippen LogP contribution is -2.17. The van der Waals surface area contributed by atoms with Crippen LogP contribution < -0.4 is 4.90 Å². The van der Waals surface area contributed by atoms with E-state index >= 15 is 0 Å². The summed E-state index contributed by atoms with van der Waals surface area (Å²) in [4.78, 5) is 8.37. The molecule has 0 unspecified atom stereocenters. The topological polar surface area (TPSA) is 20.5 Å². The summed E-state index contributed by atoms with van der Waals surface area (Å²) in [6.07, 6.45) is 4.78. The maximum Gasteiger partial charge on any atom is 0.195 e. The number of hydrogen-bond acceptors (Lipinski definition) is 3. The van der Waals surface area contributed by atoms with Gasteiger partial charge < -0.3 is 4.90 Å². The monoisotopic (exact) mass is 333 g/mol. The summed E-state index contributed by atoms with van der Waals surface area (Å²) in [6, 6.07) is 15.5. The van der Waals surface area contributed by atoms with Gasteiger partial charge in [0, 0.05) is 30.5 Å². The molecule has 24 heavy (non-hydrogen) atoms. The Balaban J connectivity index is 1.54. The third kappa shape index (κ3) is 2.21. The number of anilines is 1. The molecule has 2 aromatic heterocycles. The highest BCUT2D eigenvalue weighted by molar-refractivity contribution is 7.23. The molecular weight excluding hydrogens is 314 g/mol. The minimum Gasteiger partial charge on any atom is -0.372 e. The van der Waals surface area contributed by atoms with E-state index in [9.17, 15) is 0 Å². The lowest BCUT2D eigenvalue weighted by atomic mass is 10.1. The van der Waals surface area contributed by atoms with Gasteiger partial charge in [0.2, 0.25) is 0 Å². The lowest BCUT2D eigenvalue weighted by molar-refractivity contribution is 0.949. The zero-order valence-electron chi connectivity index (χ0n) is 13.7. The minimum atomic E-state index is 1.05. The van der Waals surface area contributed by atoms with E-state index in [0.29, 0.717) is 0 Å². The summed E-state index contributed by atoms with van der Waals surface area (Å²) in [6.45, 7) is 4.51. The summed E-state index contributed by atoms with van der Waals surface area (Å²) >= 11 is 1.76. The fourth-order valence-electron chi connectivity index (χ4n) is 3.57. The number of fused-ring (bicyclic) bond motifs is 3. The fraction of sp³-hybridized carbons (Fsp3) is 0.250. The number of aromatic nitrogens is 2. The van der Waals surface area contributed by atoms with Crippen molar-refractivity contribution >= 4 is 32.2 Å². The Labute approximate surface area is 145 Å². The van der Waals surface area contributed by atoms with Crippen LogP contribution in [0.25, 0.3) is 26.4 Å². The molecule has 0 N–H and O–H groups in total. The van der Waals surface area contributed by atoms with Gasteiger partial charge in [-0.05, 0) is 49.6 Å². The van der Waals surface area contributed by atoms with Gasteiger partial charge in [0.15, 0.2) is 4.96 Å². The molecule has 3 nitrogen and oxygen atoms in total. The van der Waals surface area contributed by atoms with Gasteiger partial charge in [-0.25, -0.2) is 4.98 Å². The third-order valence-corrected chi connectivity index (χ3v) is 5.90. The maximum absolute atomic E-state index is 4.84. The fourth-order valence-corrected chi connectivity index (χ4v) is 4.67. The van der Waals surface area contributed by atoms with E-state index < -0.39 is 0 Å². The first-order chi connectivity index (χ1) is 11.8. The first-order valence-electron chi connectivity index (χ1n) is 8.52. The van der Waals surface area contributed by atoms with Crippen LogP contribution in [0.1, 0.15) is 18.4 Å². The summed E-state index contributed by atoms with van der Waals surface area (Å²) in [5.74, 6) is 0. The Morgan fingerprint density at radius 2 is 1.79 bits per heavy atom. The standard InChI is InChI=1S/C20H19N3S/c1-14-4-9-18-19(12-14)24-20-21-17(13-23(18)20)15-5-7-16(8-6-15)22-10-2-3-11-22/h4-9,12-13H,2-3,10-11H2,1H3. The second-order valence-corrected chi connectivity index (χ2v) is 7.60. The van der Waals surface area contributed by atoms with Crippen molar-refractivity contribution in [2.75, 3.05) is 18.0 Å². The second-order valence-electron chi connectivity index (χ2n) is 6.59. The van der Waals surface area contributed by atoms with Crippen LogP contribution >= 0.6 is 11.3 Å². The van der Waals surface area contributed by atoms with E-state index in [1.54, 1.807) is 11.3 Å². The molecule has 0 amide bonds. The lowest BCUT2D eigenvalue weighted by Gasteiger charge is -2.17. The smallest absolute Gasteiger partial charge is 0.195 e. The van der Waals surface area contributed by atoms with Crippen molar-refractivity contribution < 1.29 is 0 Å². The van der Waals surface area contributed by atoms with E-state index in [1.807, 2.05) is 0 Å². The van der Waals surface area contributed by atoms with E-state index in [-0.39, 0.29) is 0 Å². The van der Waals surface area contributed by atoms with E-state index in [2.05, 4.69) is 64.9 Å². The predicted octanol–water partition coefficient (Wildman–Crippen LogP) is 5.12. The van der Waals surface area contributed by atoms with Crippen LogP contribution in [-0.4, -0.2) is 22.5 Å². The zero-order valence-corrected chi connectivity index (χ0v) is 14.5. The normalized spacial score (nSPS) is 15.0. The molecule has 3 heterocycles. The molecule has 5 rings (SSSR count). The van der Waals surface area contributed by atoms with Crippen LogP contribution in [0.15, 0.2) is 48.7 Å². The summed E-state index contributed by atoms with van der Waals surface area (Å²) in [5, 5.41) is 0. The van der Waals surface area contributed by atoms with Gasteiger partial charge in [-0.3, -0.25) is 4.40 Å². The van der Waals surface area contributed by atoms with Crippen LogP contribution in [0.3, 0.4) is 0 Å². The molecule has 1 fully saturated rings. The van der Waals surface area contributed by atoms with Crippen molar-refractivity contribution in [2.45, 2.75) is 19.8 Å². The Hall–Kier alpha value is -2.33. The van der Waals surface area contributed by atoms with Crippen molar-refractivity contribution in [2.24, 2.45) is 0 Å². The quantitative estimate of drug-likeness (QED) is 0.507. The van der Waals surface area contributed by atoms with Gasteiger partial charge in [-0.2, -0.15) is 0 Å². The average Bonchev–Trinajstić information content (AvgIpc) is 3.30. The van der Waals surface area contributed by atoms with Crippen LogP contribution in [0.2, 0.25) is 0 Å². The Morgan fingerprint density at radius 3 is 2.58 bits per heavy atom. The number of hydrogen-bond donors (Lipinski definition) is 0. The first-order valence-corrected chi connectivity index (χ1v) is 9.33. The number of rotatable bonds is 2. The van der Waals surface area contributed by atoms with Crippen molar-refractivity contribution in [1.82, 2.24) is 9.38 Å². The summed E-state index contributed by atoms with van der Waals surface area (Å²) < 4.78 is 3.51. The van der Waals surface area contributed by atoms with Gasteiger partial charge in [0.25, 0.3) is 0 Å². The largest absolute Gasteiger partial charge is 0.372 e. The van der Waals surface area contributed by atoms with Crippen LogP contribution in [0.5, 0.6) is 0 Å². The SMILES string of the molecule is Cc1ccc2c(c1)sc1nc(-c3ccc(N4CCCC4)cc3)cn12. The highest BCUT2D eigenvalue weighted by atomic mass is 32.1. The highest BCUT2D eigenvalue weighted by Crippen LogP contribution is 2.31. The molecule has 4 aromatic rings. The molecule has 1 saturated heterocycles. The molecular formula is C20H19N3S. The molecule has 1 aliphatic heterocycles. The first kappa shape index (κ1) is 14.1. The van der Waals surface area contributed by atoms with Gasteiger partial charge in [0.05, 0.1) is 15.9 Å². The Bertz CT molecular complexity index is 1020. The molecule has 1 aliphatic rings. The number of benzene rings is 2. The highest BCUT2D eigenvalue weighted by Gasteiger charge is 2.13. The number of thiazole rings is 1. The van der Waals surface area contributed by atoms with Gasteiger partial charge in [-0.1, -0.05) is 29.5 Å². The summed E-state index contributed by atoms with van der Waals surface area (Å²) in [7, 11) is 0. The molecule has 0 spiro atoms. The van der Waals surface area contributed by atoms with E-state index in [1.165, 1.54) is 53.0 Å².